The largest absolute Gasteiger partial charge is 0.389 e. The molecular formula is C62H70FN19O7S3. The molecule has 0 bridgehead atoms. The maximum atomic E-state index is 14.0. The Morgan fingerprint density at radius 2 is 0.978 bits per heavy atom. The van der Waals surface area contributed by atoms with Crippen LogP contribution in [-0.2, 0) is 14.4 Å². The van der Waals surface area contributed by atoms with E-state index in [9.17, 15) is 38.3 Å². The topological polar surface area (TPSA) is 360 Å². The van der Waals surface area contributed by atoms with Gasteiger partial charge in [-0.1, -0.05) is 24.3 Å². The maximum absolute atomic E-state index is 14.0. The SMILES string of the molecule is CN(C)C1(C(N)=O)CCN(c2ccccc2NC(=O)c2csc(-c3cn[nH]c3)n2)CC1.CNC1(C(C)=O)CCN(c2ccc(F)cc2NC(=O)c2csc(-c3cn[nH]c3)n2)CC1.NC(=O)CC1(O)CCN(c2ccccc2NC(=O)c2csc(-c3cn[nH]c3)n2)CC1. The van der Waals surface area contributed by atoms with Crippen LogP contribution in [0.25, 0.3) is 31.7 Å². The van der Waals surface area contributed by atoms with Crippen molar-refractivity contribution < 1.29 is 38.3 Å². The van der Waals surface area contributed by atoms with Crippen LogP contribution in [0.3, 0.4) is 0 Å². The fourth-order valence-electron chi connectivity index (χ4n) is 11.4. The van der Waals surface area contributed by atoms with E-state index in [4.69, 9.17) is 11.5 Å². The standard InChI is InChI=1S/C21H23FN6O2S.C21H25N7O2S.C20H22N6O3S/c1-13(29)21(23-2)5-7-28(8-6-21)18-4-3-15(22)9-16(18)26-19(30)17-12-31-20(27-17)14-10-24-25-11-14;1-27(2)21(20(22)30)7-9-28(10-8-21)17-6-4-3-5-15(17)25-18(29)16-13-31-19(26-16)14-11-23-24-12-14;21-17(27)9-20(29)5-7-26(8-6-20)16-4-2-1-3-14(16)24-18(28)15-12-30-19(25-15)13-10-22-23-11-13/h3-4,9-12,23H,5-8H2,1-2H3,(H,24,25)(H,26,30);3-6,11-13H,7-10H2,1-2H3,(H2,22,30)(H,23,24)(H,25,29);1-4,10-12,29H,5-9H2,(H2,21,27)(H,22,23)(H,24,28). The first-order chi connectivity index (χ1) is 44.3. The number of hydrogen-bond acceptors (Lipinski definition) is 21. The average Bonchev–Trinajstić information content (AvgIpc) is 1.37. The fourth-order valence-corrected chi connectivity index (χ4v) is 13.7. The molecule has 26 nitrogen and oxygen atoms in total. The van der Waals surface area contributed by atoms with Gasteiger partial charge in [0.1, 0.15) is 49.2 Å². The number of nitrogens with one attached hydrogen (secondary N) is 7. The van der Waals surface area contributed by atoms with E-state index in [1.165, 1.54) is 46.1 Å². The summed E-state index contributed by atoms with van der Waals surface area (Å²) in [6, 6.07) is 19.5. The number of ketones is 1. The summed E-state index contributed by atoms with van der Waals surface area (Å²) in [5.74, 6) is -2.11. The number of carbonyl (C=O) groups is 6. The minimum atomic E-state index is -1.06. The molecule has 9 heterocycles. The highest BCUT2D eigenvalue weighted by Gasteiger charge is 2.43. The zero-order valence-corrected chi connectivity index (χ0v) is 53.3. The summed E-state index contributed by atoms with van der Waals surface area (Å²) in [7, 11) is 5.58. The third-order valence-electron chi connectivity index (χ3n) is 16.9. The molecule has 3 aliphatic heterocycles. The lowest BCUT2D eigenvalue weighted by molar-refractivity contribution is -0.130. The predicted molar refractivity (Wildman–Crippen MR) is 353 cm³/mol. The van der Waals surface area contributed by atoms with Crippen LogP contribution in [0.5, 0.6) is 0 Å². The molecule has 5 amide bonds. The second-order valence-electron chi connectivity index (χ2n) is 22.6. The lowest BCUT2D eigenvalue weighted by Gasteiger charge is -2.44. The molecule has 0 aliphatic carbocycles. The number of hydrogen-bond donors (Lipinski definition) is 10. The average molecular weight is 1310 g/mol. The molecule has 92 heavy (non-hydrogen) atoms. The van der Waals surface area contributed by atoms with Gasteiger partial charge in [0, 0.05) is 90.7 Å². The molecule has 3 aliphatic rings. The van der Waals surface area contributed by atoms with Crippen LogP contribution < -0.4 is 47.4 Å². The number of aliphatic hydroxyl groups is 1. The van der Waals surface area contributed by atoms with Crippen molar-refractivity contribution in [2.45, 2.75) is 68.5 Å². The molecular weight excluding hydrogens is 1240 g/mol. The first kappa shape index (κ1) is 65.4. The van der Waals surface area contributed by atoms with Crippen molar-refractivity contribution in [1.82, 2.24) is 55.8 Å². The van der Waals surface area contributed by atoms with Crippen LogP contribution in [0.4, 0.5) is 38.5 Å². The van der Waals surface area contributed by atoms with Crippen LogP contribution >= 0.6 is 34.0 Å². The number of Topliss-reactive ketones (excluding diaryl/α,β-unsaturated/α-hetero) is 1. The normalized spacial score (nSPS) is 15.7. The van der Waals surface area contributed by atoms with Gasteiger partial charge in [-0.05, 0) is 109 Å². The van der Waals surface area contributed by atoms with Gasteiger partial charge in [-0.2, -0.15) is 15.3 Å². The van der Waals surface area contributed by atoms with Gasteiger partial charge in [0.05, 0.1) is 70.3 Å². The first-order valence-electron chi connectivity index (χ1n) is 29.4. The van der Waals surface area contributed by atoms with Crippen molar-refractivity contribution >= 4 is 103 Å². The van der Waals surface area contributed by atoms with Crippen molar-refractivity contribution in [2.24, 2.45) is 11.5 Å². The Labute approximate surface area is 540 Å². The van der Waals surface area contributed by atoms with Crippen LogP contribution in [0.15, 0.2) is 120 Å². The van der Waals surface area contributed by atoms with E-state index < -0.39 is 34.3 Å². The van der Waals surface area contributed by atoms with Crippen molar-refractivity contribution in [3.63, 3.8) is 0 Å². The number of aromatic amines is 3. The Bertz CT molecular complexity index is 4020. The van der Waals surface area contributed by atoms with E-state index >= 15 is 0 Å². The van der Waals surface area contributed by atoms with Crippen molar-refractivity contribution in [1.29, 1.82) is 0 Å². The highest BCUT2D eigenvalue weighted by molar-refractivity contribution is 7.14. The molecule has 0 radical (unpaired) electrons. The van der Waals surface area contributed by atoms with Gasteiger partial charge >= 0.3 is 0 Å². The van der Waals surface area contributed by atoms with E-state index in [0.717, 1.165) is 33.1 Å². The number of nitrogens with two attached hydrogens (primary N) is 2. The minimum absolute atomic E-state index is 0.0396. The zero-order chi connectivity index (χ0) is 65.2. The van der Waals surface area contributed by atoms with Gasteiger partial charge in [0.15, 0.2) is 0 Å². The van der Waals surface area contributed by atoms with Gasteiger partial charge in [-0.25, -0.2) is 19.3 Å². The lowest BCUT2D eigenvalue weighted by Crippen LogP contribution is -2.60. The predicted octanol–water partition coefficient (Wildman–Crippen LogP) is 7.24. The molecule has 12 rings (SSSR count). The third-order valence-corrected chi connectivity index (χ3v) is 19.5. The van der Waals surface area contributed by atoms with Crippen molar-refractivity contribution in [2.75, 3.05) is 91.1 Å². The summed E-state index contributed by atoms with van der Waals surface area (Å²) in [6.45, 7) is 5.24. The third kappa shape index (κ3) is 15.1. The number of benzene rings is 3. The summed E-state index contributed by atoms with van der Waals surface area (Å²) in [6.07, 6.45) is 13.5. The van der Waals surface area contributed by atoms with E-state index in [2.05, 4.69) is 81.5 Å². The van der Waals surface area contributed by atoms with Crippen molar-refractivity contribution in [3.05, 3.63) is 143 Å². The monoisotopic (exact) mass is 1310 g/mol. The van der Waals surface area contributed by atoms with Gasteiger partial charge in [0.25, 0.3) is 17.7 Å². The smallest absolute Gasteiger partial charge is 0.275 e. The molecule has 0 atom stereocenters. The number of nitrogens with zero attached hydrogens (tertiary/aromatic N) is 10. The van der Waals surface area contributed by atoms with Crippen LogP contribution in [-0.4, -0.2) is 168 Å². The number of carbonyl (C=O) groups excluding carboxylic acids is 6. The lowest BCUT2D eigenvalue weighted by atomic mass is 9.84. The summed E-state index contributed by atoms with van der Waals surface area (Å²) < 4.78 is 14.0. The zero-order valence-electron chi connectivity index (χ0n) is 50.9. The Kier molecular flexibility index (Phi) is 20.4. The molecule has 6 aromatic heterocycles. The van der Waals surface area contributed by atoms with E-state index in [1.54, 1.807) is 73.4 Å². The molecule has 0 saturated carbocycles. The van der Waals surface area contributed by atoms with Gasteiger partial charge in [-0.3, -0.25) is 49.0 Å². The minimum Gasteiger partial charge on any atom is -0.389 e. The molecule has 12 N–H and O–H groups in total. The maximum Gasteiger partial charge on any atom is 0.275 e. The summed E-state index contributed by atoms with van der Waals surface area (Å²) in [4.78, 5) is 95.2. The van der Waals surface area contributed by atoms with Gasteiger partial charge < -0.3 is 52.5 Å². The fraction of sp³-hybridized carbons (Fsp3) is 0.323. The number of amides is 5. The van der Waals surface area contributed by atoms with E-state index in [0.29, 0.717) is 122 Å². The number of rotatable bonds is 18. The number of piperidine rings is 3. The Morgan fingerprint density at radius 1 is 0.587 bits per heavy atom. The van der Waals surface area contributed by atoms with Crippen LogP contribution in [0.2, 0.25) is 0 Å². The highest BCUT2D eigenvalue weighted by atomic mass is 32.1. The summed E-state index contributed by atoms with van der Waals surface area (Å²) in [5, 5.41) is 49.6. The Hall–Kier alpha value is -9.59. The Balaban J connectivity index is 0.000000151. The molecule has 3 fully saturated rings. The van der Waals surface area contributed by atoms with E-state index in [-0.39, 0.29) is 35.6 Å². The molecule has 30 heteroatoms. The second-order valence-corrected chi connectivity index (χ2v) is 25.2. The number of anilines is 6. The number of likely N-dealkylation sites (N-methyl/N-ethyl adjacent to an activating group) is 2. The molecule has 480 valence electrons. The molecule has 3 saturated heterocycles. The molecule has 0 unspecified atom stereocenters. The molecule has 3 aromatic carbocycles. The number of halogens is 1. The van der Waals surface area contributed by atoms with Crippen LogP contribution in [0, 0.1) is 5.82 Å². The van der Waals surface area contributed by atoms with Gasteiger partial charge in [0.2, 0.25) is 11.8 Å². The number of para-hydroxylation sites is 4. The summed E-state index contributed by atoms with van der Waals surface area (Å²) >= 11 is 4.10. The Morgan fingerprint density at radius 3 is 1.35 bits per heavy atom. The van der Waals surface area contributed by atoms with E-state index in [1.807, 2.05) is 67.5 Å². The first-order valence-corrected chi connectivity index (χ1v) is 32.1. The van der Waals surface area contributed by atoms with Crippen LogP contribution in [0.1, 0.15) is 83.3 Å². The van der Waals surface area contributed by atoms with Crippen molar-refractivity contribution in [3.8, 4) is 31.7 Å². The number of primary amides is 2. The number of thiazole rings is 3. The second kappa shape index (κ2) is 28.7. The number of aromatic nitrogens is 9. The molecule has 0 spiro atoms. The highest BCUT2D eigenvalue weighted by Crippen LogP contribution is 2.37. The summed E-state index contributed by atoms with van der Waals surface area (Å²) in [5.41, 5.74) is 16.4. The molecule has 9 aromatic rings. The van der Waals surface area contributed by atoms with Gasteiger partial charge in [-0.15, -0.1) is 34.0 Å². The quantitative estimate of drug-likeness (QED) is 0.0405. The number of H-pyrrole nitrogens is 3.